The standard InChI is InChI=1S/C8H9N5O2/c9-7(10)4-1-2-11-8-6(4)13(15)5(3-14)12-8/h1-2,14-15H,3H2,(H3,9,10). The fourth-order valence-electron chi connectivity index (χ4n) is 1.35. The van der Waals surface area contributed by atoms with Gasteiger partial charge in [0.1, 0.15) is 18.0 Å². The molecule has 0 amide bonds. The first-order valence-electron chi connectivity index (χ1n) is 4.16. The number of hydrogen-bond donors (Lipinski definition) is 4. The zero-order chi connectivity index (χ0) is 11.0. The van der Waals surface area contributed by atoms with E-state index in [1.807, 2.05) is 0 Å². The summed E-state index contributed by atoms with van der Waals surface area (Å²) in [6, 6.07) is 1.50. The highest BCUT2D eigenvalue weighted by Crippen LogP contribution is 2.16. The van der Waals surface area contributed by atoms with E-state index >= 15 is 0 Å². The van der Waals surface area contributed by atoms with Gasteiger partial charge < -0.3 is 16.0 Å². The van der Waals surface area contributed by atoms with Gasteiger partial charge in [-0.15, -0.1) is 0 Å². The maximum absolute atomic E-state index is 9.62. The predicted octanol–water partition coefficient (Wildman–Crippen LogP) is -0.555. The van der Waals surface area contributed by atoms with Gasteiger partial charge >= 0.3 is 0 Å². The summed E-state index contributed by atoms with van der Waals surface area (Å²) in [4.78, 5) is 7.77. The molecule has 2 aromatic heterocycles. The van der Waals surface area contributed by atoms with Gasteiger partial charge in [0.05, 0.1) is 0 Å². The molecule has 2 rings (SSSR count). The number of nitrogens with one attached hydrogen (secondary N) is 1. The molecule has 0 saturated heterocycles. The number of nitrogen functional groups attached to an aromatic ring is 1. The fraction of sp³-hybridized carbons (Fsp3) is 0.125. The molecule has 7 nitrogen and oxygen atoms in total. The van der Waals surface area contributed by atoms with Crippen LogP contribution in [-0.2, 0) is 6.61 Å². The molecule has 78 valence electrons. The van der Waals surface area contributed by atoms with Crippen LogP contribution in [0.2, 0.25) is 0 Å². The van der Waals surface area contributed by atoms with Gasteiger partial charge in [-0.1, -0.05) is 0 Å². The number of rotatable bonds is 2. The first-order chi connectivity index (χ1) is 7.15. The van der Waals surface area contributed by atoms with Crippen molar-refractivity contribution < 1.29 is 10.3 Å². The van der Waals surface area contributed by atoms with E-state index in [1.54, 1.807) is 0 Å². The minimum atomic E-state index is -0.412. The number of nitrogens with two attached hydrogens (primary N) is 1. The number of aliphatic hydroxyl groups is 1. The second-order valence-electron chi connectivity index (χ2n) is 2.94. The van der Waals surface area contributed by atoms with Crippen molar-refractivity contribution in [3.05, 3.63) is 23.7 Å². The lowest BCUT2D eigenvalue weighted by atomic mass is 10.2. The molecule has 0 unspecified atom stereocenters. The van der Waals surface area contributed by atoms with Gasteiger partial charge in [-0.3, -0.25) is 5.41 Å². The molecule has 0 aromatic carbocycles. The molecular weight excluding hydrogens is 198 g/mol. The third-order valence-electron chi connectivity index (χ3n) is 2.03. The van der Waals surface area contributed by atoms with Crippen LogP contribution in [0.5, 0.6) is 0 Å². The summed E-state index contributed by atoms with van der Waals surface area (Å²) in [6.07, 6.45) is 1.44. The summed E-state index contributed by atoms with van der Waals surface area (Å²) in [5.74, 6) is -0.131. The van der Waals surface area contributed by atoms with Crippen LogP contribution >= 0.6 is 0 Å². The number of fused-ring (bicyclic) bond motifs is 1. The fourth-order valence-corrected chi connectivity index (χ4v) is 1.35. The molecule has 0 bridgehead atoms. The highest BCUT2D eigenvalue weighted by atomic mass is 16.5. The minimum Gasteiger partial charge on any atom is -0.426 e. The minimum absolute atomic E-state index is 0.0613. The Hall–Kier alpha value is -2.15. The smallest absolute Gasteiger partial charge is 0.182 e. The normalized spacial score (nSPS) is 10.7. The van der Waals surface area contributed by atoms with Gasteiger partial charge in [-0.05, 0) is 6.07 Å². The van der Waals surface area contributed by atoms with E-state index < -0.39 is 6.61 Å². The Labute approximate surface area is 84.3 Å². The van der Waals surface area contributed by atoms with E-state index in [0.717, 1.165) is 0 Å². The van der Waals surface area contributed by atoms with Gasteiger partial charge in [-0.2, -0.15) is 4.73 Å². The zero-order valence-electron chi connectivity index (χ0n) is 7.68. The van der Waals surface area contributed by atoms with Crippen molar-refractivity contribution in [2.24, 2.45) is 5.73 Å². The van der Waals surface area contributed by atoms with E-state index in [2.05, 4.69) is 9.97 Å². The number of imidazole rings is 1. The SMILES string of the molecule is N=C(N)c1ccnc2nc(CO)n(O)c12. The van der Waals surface area contributed by atoms with E-state index in [4.69, 9.17) is 16.2 Å². The van der Waals surface area contributed by atoms with Gasteiger partial charge in [-0.25, -0.2) is 9.97 Å². The largest absolute Gasteiger partial charge is 0.426 e. The van der Waals surface area contributed by atoms with Crippen LogP contribution < -0.4 is 5.73 Å². The molecule has 0 spiro atoms. The van der Waals surface area contributed by atoms with E-state index in [-0.39, 0.29) is 22.8 Å². The average molecular weight is 207 g/mol. The summed E-state index contributed by atoms with van der Waals surface area (Å²) in [5.41, 5.74) is 6.14. The Balaban J connectivity index is 2.84. The van der Waals surface area contributed by atoms with Crippen molar-refractivity contribution in [1.82, 2.24) is 14.7 Å². The summed E-state index contributed by atoms with van der Waals surface area (Å²) in [5, 5.41) is 25.8. The third-order valence-corrected chi connectivity index (χ3v) is 2.03. The molecule has 0 aliphatic heterocycles. The maximum Gasteiger partial charge on any atom is 0.182 e. The Morgan fingerprint density at radius 3 is 2.93 bits per heavy atom. The first-order valence-corrected chi connectivity index (χ1v) is 4.16. The summed E-state index contributed by atoms with van der Waals surface area (Å²) < 4.78 is 0.694. The Morgan fingerprint density at radius 1 is 1.60 bits per heavy atom. The first kappa shape index (κ1) is 9.41. The molecule has 0 aliphatic carbocycles. The maximum atomic E-state index is 9.62. The quantitative estimate of drug-likeness (QED) is 0.299. The van der Waals surface area contributed by atoms with Crippen LogP contribution in [0.4, 0.5) is 0 Å². The van der Waals surface area contributed by atoms with Crippen molar-refractivity contribution in [1.29, 1.82) is 5.41 Å². The topological polar surface area (TPSA) is 121 Å². The van der Waals surface area contributed by atoms with Crippen LogP contribution in [0.15, 0.2) is 12.3 Å². The van der Waals surface area contributed by atoms with Crippen LogP contribution in [0.3, 0.4) is 0 Å². The zero-order valence-corrected chi connectivity index (χ0v) is 7.68. The Bertz CT molecular complexity index is 533. The van der Waals surface area contributed by atoms with Crippen LogP contribution in [0.25, 0.3) is 11.2 Å². The monoisotopic (exact) mass is 207 g/mol. The highest BCUT2D eigenvalue weighted by Gasteiger charge is 2.15. The number of amidine groups is 1. The molecule has 2 heterocycles. The van der Waals surface area contributed by atoms with Crippen LogP contribution in [0, 0.1) is 5.41 Å². The van der Waals surface area contributed by atoms with E-state index in [1.165, 1.54) is 12.3 Å². The van der Waals surface area contributed by atoms with Crippen molar-refractivity contribution in [3.8, 4) is 0 Å². The number of nitrogens with zero attached hydrogens (tertiary/aromatic N) is 3. The Kier molecular flexibility index (Phi) is 2.01. The van der Waals surface area contributed by atoms with E-state index in [9.17, 15) is 5.21 Å². The third kappa shape index (κ3) is 1.29. The number of aromatic nitrogens is 3. The highest BCUT2D eigenvalue weighted by molar-refractivity contribution is 6.04. The van der Waals surface area contributed by atoms with Gasteiger partial charge in [0.2, 0.25) is 0 Å². The van der Waals surface area contributed by atoms with Crippen LogP contribution in [0.1, 0.15) is 11.4 Å². The molecule has 2 aromatic rings. The number of hydrogen-bond acceptors (Lipinski definition) is 5. The average Bonchev–Trinajstić information content (AvgIpc) is 2.55. The molecule has 0 saturated carbocycles. The van der Waals surface area contributed by atoms with Crippen LogP contribution in [-0.4, -0.2) is 30.8 Å². The van der Waals surface area contributed by atoms with Gasteiger partial charge in [0, 0.05) is 11.8 Å². The second kappa shape index (κ2) is 3.21. The van der Waals surface area contributed by atoms with Crippen molar-refractivity contribution in [2.45, 2.75) is 6.61 Å². The number of aliphatic hydroxyl groups excluding tert-OH is 1. The molecular formula is C8H9N5O2. The van der Waals surface area contributed by atoms with Gasteiger partial charge in [0.25, 0.3) is 0 Å². The van der Waals surface area contributed by atoms with Crippen molar-refractivity contribution >= 4 is 17.0 Å². The lowest BCUT2D eigenvalue weighted by Gasteiger charge is -2.01. The summed E-state index contributed by atoms with van der Waals surface area (Å²) in [6.45, 7) is -0.412. The second-order valence-corrected chi connectivity index (χ2v) is 2.94. The summed E-state index contributed by atoms with van der Waals surface area (Å²) in [7, 11) is 0. The molecule has 0 radical (unpaired) electrons. The van der Waals surface area contributed by atoms with Crippen molar-refractivity contribution in [2.75, 3.05) is 0 Å². The Morgan fingerprint density at radius 2 is 2.33 bits per heavy atom. The lowest BCUT2D eigenvalue weighted by molar-refractivity contribution is 0.160. The van der Waals surface area contributed by atoms with E-state index in [0.29, 0.717) is 10.3 Å². The summed E-state index contributed by atoms with van der Waals surface area (Å²) >= 11 is 0. The molecule has 0 aliphatic rings. The molecule has 0 fully saturated rings. The van der Waals surface area contributed by atoms with Crippen molar-refractivity contribution in [3.63, 3.8) is 0 Å². The number of pyridine rings is 1. The molecule has 5 N–H and O–H groups in total. The molecule has 7 heteroatoms. The molecule has 15 heavy (non-hydrogen) atoms. The lowest BCUT2D eigenvalue weighted by Crippen LogP contribution is -2.13. The predicted molar refractivity (Wildman–Crippen MR) is 51.7 cm³/mol. The molecule has 0 atom stereocenters. The van der Waals surface area contributed by atoms with Gasteiger partial charge in [0.15, 0.2) is 11.5 Å².